The van der Waals surface area contributed by atoms with E-state index in [0.29, 0.717) is 12.8 Å². The van der Waals surface area contributed by atoms with Crippen LogP contribution in [0.25, 0.3) is 0 Å². The van der Waals surface area contributed by atoms with Gasteiger partial charge < -0.3 is 10.5 Å². The van der Waals surface area contributed by atoms with Crippen molar-refractivity contribution in [3.8, 4) is 0 Å². The predicted molar refractivity (Wildman–Crippen MR) is 44.7 cm³/mol. The van der Waals surface area contributed by atoms with Crippen LogP contribution in [-0.4, -0.2) is 31.4 Å². The van der Waals surface area contributed by atoms with Gasteiger partial charge in [0.05, 0.1) is 0 Å². The zero-order valence-electron chi connectivity index (χ0n) is 8.28. The van der Waals surface area contributed by atoms with Gasteiger partial charge in [-0.2, -0.15) is 22.0 Å². The maximum atomic E-state index is 12.2. The van der Waals surface area contributed by atoms with Crippen LogP contribution < -0.4 is 5.73 Å². The molecule has 2 nitrogen and oxygen atoms in total. The van der Waals surface area contributed by atoms with E-state index in [4.69, 9.17) is 5.73 Å². The highest BCUT2D eigenvalue weighted by Gasteiger charge is 2.57. The van der Waals surface area contributed by atoms with Crippen LogP contribution in [0.4, 0.5) is 22.0 Å². The van der Waals surface area contributed by atoms with Gasteiger partial charge in [0.1, 0.15) is 6.61 Å². The minimum Gasteiger partial charge on any atom is -0.375 e. The number of hydrogen-bond acceptors (Lipinski definition) is 2. The largest absolute Gasteiger partial charge is 0.455 e. The predicted octanol–water partition coefficient (Wildman–Crippen LogP) is 2.33. The average Bonchev–Trinajstić information content (AvgIpc) is 2.00. The lowest BCUT2D eigenvalue weighted by Gasteiger charge is -2.19. The summed E-state index contributed by atoms with van der Waals surface area (Å²) in [5.74, 6) is -4.78. The maximum absolute atomic E-state index is 12.2. The third-order valence-electron chi connectivity index (χ3n) is 1.65. The standard InChI is InChI=1S/C8H14F5NO/c1-6(14)3-2-4-15-5-7(9,10)8(11,12)13/h6H,2-5,14H2,1H3. The number of halogens is 5. The molecule has 0 aliphatic carbocycles. The number of ether oxygens (including phenoxy) is 1. The van der Waals surface area contributed by atoms with Gasteiger partial charge in [-0.15, -0.1) is 0 Å². The highest BCUT2D eigenvalue weighted by molar-refractivity contribution is 4.74. The van der Waals surface area contributed by atoms with E-state index in [0.717, 1.165) is 0 Å². The smallest absolute Gasteiger partial charge is 0.375 e. The van der Waals surface area contributed by atoms with E-state index in [1.807, 2.05) is 0 Å². The van der Waals surface area contributed by atoms with Crippen LogP contribution in [0.2, 0.25) is 0 Å². The summed E-state index contributed by atoms with van der Waals surface area (Å²) in [7, 11) is 0. The van der Waals surface area contributed by atoms with Gasteiger partial charge in [0.15, 0.2) is 0 Å². The van der Waals surface area contributed by atoms with E-state index >= 15 is 0 Å². The molecule has 0 saturated heterocycles. The van der Waals surface area contributed by atoms with E-state index in [9.17, 15) is 22.0 Å². The van der Waals surface area contributed by atoms with Crippen LogP contribution in [0.1, 0.15) is 19.8 Å². The quantitative estimate of drug-likeness (QED) is 0.566. The fourth-order valence-corrected chi connectivity index (χ4v) is 0.790. The van der Waals surface area contributed by atoms with Gasteiger partial charge in [-0.25, -0.2) is 0 Å². The molecule has 0 amide bonds. The molecule has 0 heterocycles. The van der Waals surface area contributed by atoms with Crippen molar-refractivity contribution in [2.45, 2.75) is 37.9 Å². The monoisotopic (exact) mass is 235 g/mol. The Kier molecular flexibility index (Phi) is 5.44. The molecule has 0 bridgehead atoms. The first-order valence-electron chi connectivity index (χ1n) is 4.44. The van der Waals surface area contributed by atoms with Crippen LogP contribution in [0.3, 0.4) is 0 Å². The van der Waals surface area contributed by atoms with Crippen LogP contribution in [0.5, 0.6) is 0 Å². The fraction of sp³-hybridized carbons (Fsp3) is 1.00. The number of hydrogen-bond donors (Lipinski definition) is 1. The van der Waals surface area contributed by atoms with E-state index in [1.54, 1.807) is 6.92 Å². The SMILES string of the molecule is CC(N)CCCOCC(F)(F)C(F)(F)F. The first kappa shape index (κ1) is 14.6. The van der Waals surface area contributed by atoms with Crippen molar-refractivity contribution in [1.82, 2.24) is 0 Å². The summed E-state index contributed by atoms with van der Waals surface area (Å²) in [6.07, 6.45) is -4.66. The molecule has 0 aliphatic rings. The Morgan fingerprint density at radius 3 is 2.13 bits per heavy atom. The van der Waals surface area contributed by atoms with Gasteiger partial charge in [0.2, 0.25) is 0 Å². The highest BCUT2D eigenvalue weighted by atomic mass is 19.4. The average molecular weight is 235 g/mol. The Morgan fingerprint density at radius 1 is 1.20 bits per heavy atom. The Labute approximate surface area is 84.6 Å². The second-order valence-corrected chi connectivity index (χ2v) is 3.37. The Hall–Kier alpha value is -0.430. The van der Waals surface area contributed by atoms with Gasteiger partial charge in [0, 0.05) is 12.6 Å². The van der Waals surface area contributed by atoms with Gasteiger partial charge in [-0.3, -0.25) is 0 Å². The second-order valence-electron chi connectivity index (χ2n) is 3.37. The molecule has 92 valence electrons. The van der Waals surface area contributed by atoms with Crippen molar-refractivity contribution in [2.24, 2.45) is 5.73 Å². The maximum Gasteiger partial charge on any atom is 0.455 e. The number of nitrogens with two attached hydrogens (primary N) is 1. The lowest BCUT2D eigenvalue weighted by Crippen LogP contribution is -2.40. The topological polar surface area (TPSA) is 35.2 Å². The molecule has 0 aliphatic heterocycles. The van der Waals surface area contributed by atoms with E-state index in [2.05, 4.69) is 4.74 Å². The molecule has 0 radical (unpaired) electrons. The van der Waals surface area contributed by atoms with Crippen molar-refractivity contribution >= 4 is 0 Å². The summed E-state index contributed by atoms with van der Waals surface area (Å²) in [5.41, 5.74) is 5.35. The van der Waals surface area contributed by atoms with Crippen LogP contribution in [0.15, 0.2) is 0 Å². The molecule has 2 N–H and O–H groups in total. The molecule has 1 atom stereocenters. The van der Waals surface area contributed by atoms with E-state index in [1.165, 1.54) is 0 Å². The molecule has 0 aromatic rings. The molecule has 0 aromatic heterocycles. The third-order valence-corrected chi connectivity index (χ3v) is 1.65. The zero-order valence-corrected chi connectivity index (χ0v) is 8.28. The fourth-order valence-electron chi connectivity index (χ4n) is 0.790. The van der Waals surface area contributed by atoms with Crippen LogP contribution >= 0.6 is 0 Å². The second kappa shape index (κ2) is 5.60. The number of alkyl halides is 5. The molecule has 7 heteroatoms. The minimum atomic E-state index is -5.55. The molecule has 15 heavy (non-hydrogen) atoms. The molecule has 0 spiro atoms. The summed E-state index contributed by atoms with van der Waals surface area (Å²) < 4.78 is 63.6. The summed E-state index contributed by atoms with van der Waals surface area (Å²) in [6, 6.07) is -0.114. The Bertz CT molecular complexity index is 180. The summed E-state index contributed by atoms with van der Waals surface area (Å²) in [6.45, 7) is -0.0625. The molecule has 0 rings (SSSR count). The lowest BCUT2D eigenvalue weighted by atomic mass is 10.2. The summed E-state index contributed by atoms with van der Waals surface area (Å²) >= 11 is 0. The van der Waals surface area contributed by atoms with Crippen molar-refractivity contribution in [3.63, 3.8) is 0 Å². The van der Waals surface area contributed by atoms with Gasteiger partial charge >= 0.3 is 12.1 Å². The van der Waals surface area contributed by atoms with Crippen molar-refractivity contribution in [2.75, 3.05) is 13.2 Å². The zero-order chi connectivity index (χ0) is 12.1. The summed E-state index contributed by atoms with van der Waals surface area (Å²) in [4.78, 5) is 0. The Balaban J connectivity index is 3.68. The van der Waals surface area contributed by atoms with Crippen molar-refractivity contribution in [3.05, 3.63) is 0 Å². The van der Waals surface area contributed by atoms with Gasteiger partial charge in [-0.05, 0) is 19.8 Å². The minimum absolute atomic E-state index is 0.114. The van der Waals surface area contributed by atoms with E-state index < -0.39 is 18.7 Å². The summed E-state index contributed by atoms with van der Waals surface area (Å²) in [5, 5.41) is 0. The van der Waals surface area contributed by atoms with Crippen LogP contribution in [0, 0.1) is 0 Å². The normalized spacial score (nSPS) is 15.4. The molecule has 0 aromatic carbocycles. The first-order valence-corrected chi connectivity index (χ1v) is 4.44. The molecule has 0 fully saturated rings. The molecule has 1 unspecified atom stereocenters. The lowest BCUT2D eigenvalue weighted by molar-refractivity contribution is -0.296. The molecular formula is C8H14F5NO. The van der Waals surface area contributed by atoms with E-state index in [-0.39, 0.29) is 12.6 Å². The van der Waals surface area contributed by atoms with Gasteiger partial charge in [-0.1, -0.05) is 0 Å². The first-order chi connectivity index (χ1) is 6.67. The highest BCUT2D eigenvalue weighted by Crippen LogP contribution is 2.35. The number of rotatable bonds is 6. The molecular weight excluding hydrogens is 221 g/mol. The third kappa shape index (κ3) is 5.88. The van der Waals surface area contributed by atoms with Crippen molar-refractivity contribution in [1.29, 1.82) is 0 Å². The Morgan fingerprint density at radius 2 is 1.73 bits per heavy atom. The van der Waals surface area contributed by atoms with Crippen LogP contribution in [-0.2, 0) is 4.74 Å². The van der Waals surface area contributed by atoms with Gasteiger partial charge in [0.25, 0.3) is 0 Å². The van der Waals surface area contributed by atoms with Crippen molar-refractivity contribution < 1.29 is 26.7 Å². The molecule has 0 saturated carbocycles.